The van der Waals surface area contributed by atoms with E-state index in [1.165, 1.54) is 0 Å². The third-order valence-corrected chi connectivity index (χ3v) is 2.61. The van der Waals surface area contributed by atoms with Crippen LogP contribution in [0, 0.1) is 0 Å². The normalized spacial score (nSPS) is 14.1. The lowest BCUT2D eigenvalue weighted by Crippen LogP contribution is -2.42. The molecule has 18 heavy (non-hydrogen) atoms. The lowest BCUT2D eigenvalue weighted by atomic mass is 10.1. The largest absolute Gasteiger partial charge is 0.454 e. The van der Waals surface area contributed by atoms with Crippen molar-refractivity contribution in [1.82, 2.24) is 5.32 Å². The van der Waals surface area contributed by atoms with Crippen LogP contribution in [0.25, 0.3) is 0 Å². The van der Waals surface area contributed by atoms with Crippen molar-refractivity contribution in [3.05, 3.63) is 23.8 Å². The fraction of sp³-hybridized carbons (Fsp3) is 0.333. The second-order valence-electron chi connectivity index (χ2n) is 4.06. The molecule has 6 heteroatoms. The van der Waals surface area contributed by atoms with Crippen LogP contribution >= 0.6 is 0 Å². The molecule has 1 atom stereocenters. The summed E-state index contributed by atoms with van der Waals surface area (Å²) in [5.74, 6) is 0.474. The molecular formula is C12H14N2O4. The van der Waals surface area contributed by atoms with Crippen LogP contribution in [0.15, 0.2) is 18.2 Å². The molecule has 0 saturated heterocycles. The Morgan fingerprint density at radius 2 is 2.11 bits per heavy atom. The lowest BCUT2D eigenvalue weighted by molar-refractivity contribution is -0.126. The maximum Gasteiger partial charge on any atom is 0.239 e. The van der Waals surface area contributed by atoms with Gasteiger partial charge in [-0.05, 0) is 24.6 Å². The number of fused-ring (bicyclic) bond motifs is 1. The zero-order valence-corrected chi connectivity index (χ0v) is 9.93. The van der Waals surface area contributed by atoms with Gasteiger partial charge in [-0.3, -0.25) is 9.59 Å². The van der Waals surface area contributed by atoms with E-state index in [1.807, 2.05) is 0 Å². The van der Waals surface area contributed by atoms with Gasteiger partial charge < -0.3 is 20.5 Å². The van der Waals surface area contributed by atoms with Crippen LogP contribution in [0.1, 0.15) is 12.5 Å². The van der Waals surface area contributed by atoms with Crippen molar-refractivity contribution in [3.8, 4) is 11.5 Å². The molecule has 1 heterocycles. The smallest absolute Gasteiger partial charge is 0.239 e. The number of primary amides is 1. The molecule has 0 aromatic heterocycles. The third kappa shape index (κ3) is 2.71. The van der Waals surface area contributed by atoms with E-state index in [0.29, 0.717) is 11.5 Å². The van der Waals surface area contributed by atoms with Gasteiger partial charge in [0, 0.05) is 0 Å². The molecule has 1 aromatic carbocycles. The summed E-state index contributed by atoms with van der Waals surface area (Å²) in [6, 6.07) is 4.60. The Balaban J connectivity index is 1.97. The van der Waals surface area contributed by atoms with Gasteiger partial charge >= 0.3 is 0 Å². The third-order valence-electron chi connectivity index (χ3n) is 2.61. The fourth-order valence-electron chi connectivity index (χ4n) is 1.60. The Labute approximate surface area is 104 Å². The van der Waals surface area contributed by atoms with Crippen molar-refractivity contribution >= 4 is 11.8 Å². The summed E-state index contributed by atoms with van der Waals surface area (Å²) in [7, 11) is 0. The quantitative estimate of drug-likeness (QED) is 0.783. The Kier molecular flexibility index (Phi) is 3.36. The Bertz CT molecular complexity index is 487. The van der Waals surface area contributed by atoms with Crippen LogP contribution in [0.4, 0.5) is 0 Å². The molecule has 3 N–H and O–H groups in total. The summed E-state index contributed by atoms with van der Waals surface area (Å²) in [4.78, 5) is 22.4. The number of benzene rings is 1. The number of carbonyl (C=O) groups is 2. The number of amides is 2. The number of nitrogens with one attached hydrogen (secondary N) is 1. The summed E-state index contributed by atoms with van der Waals surface area (Å²) in [5.41, 5.74) is 5.85. The van der Waals surface area contributed by atoms with Crippen LogP contribution in [-0.2, 0) is 16.0 Å². The Morgan fingerprint density at radius 1 is 1.39 bits per heavy atom. The summed E-state index contributed by atoms with van der Waals surface area (Å²) in [5, 5.41) is 2.51. The molecule has 0 unspecified atom stereocenters. The monoisotopic (exact) mass is 250 g/mol. The molecule has 0 bridgehead atoms. The van der Waals surface area contributed by atoms with Crippen molar-refractivity contribution in [2.45, 2.75) is 19.4 Å². The van der Waals surface area contributed by atoms with Gasteiger partial charge in [-0.1, -0.05) is 6.07 Å². The topological polar surface area (TPSA) is 90.7 Å². The predicted molar refractivity (Wildman–Crippen MR) is 63.1 cm³/mol. The number of carbonyl (C=O) groups excluding carboxylic acids is 2. The zero-order chi connectivity index (χ0) is 13.1. The van der Waals surface area contributed by atoms with Gasteiger partial charge in [0.2, 0.25) is 18.6 Å². The van der Waals surface area contributed by atoms with E-state index in [9.17, 15) is 9.59 Å². The van der Waals surface area contributed by atoms with Gasteiger partial charge in [0.05, 0.1) is 6.42 Å². The first-order valence-corrected chi connectivity index (χ1v) is 5.53. The molecule has 0 fully saturated rings. The highest BCUT2D eigenvalue weighted by Gasteiger charge is 2.16. The molecule has 1 aromatic rings. The minimum Gasteiger partial charge on any atom is -0.454 e. The van der Waals surface area contributed by atoms with Crippen molar-refractivity contribution < 1.29 is 19.1 Å². The van der Waals surface area contributed by atoms with Gasteiger partial charge in [-0.25, -0.2) is 0 Å². The highest BCUT2D eigenvalue weighted by molar-refractivity contribution is 5.87. The standard InChI is InChI=1S/C12H14N2O4/c1-7(12(13)16)14-11(15)5-8-2-3-9-10(4-8)18-6-17-9/h2-4,7H,5-6H2,1H3,(H2,13,16)(H,14,15)/t7-/m0/s1. The number of rotatable bonds is 4. The minimum absolute atomic E-state index is 0.161. The van der Waals surface area contributed by atoms with Crippen molar-refractivity contribution in [2.24, 2.45) is 5.73 Å². The first-order valence-electron chi connectivity index (χ1n) is 5.53. The van der Waals surface area contributed by atoms with Gasteiger partial charge in [0.1, 0.15) is 6.04 Å². The number of nitrogens with two attached hydrogens (primary N) is 1. The van der Waals surface area contributed by atoms with Gasteiger partial charge in [-0.15, -0.1) is 0 Å². The van der Waals surface area contributed by atoms with Crippen molar-refractivity contribution in [3.63, 3.8) is 0 Å². The van der Waals surface area contributed by atoms with Crippen molar-refractivity contribution in [2.75, 3.05) is 6.79 Å². The maximum absolute atomic E-state index is 11.6. The zero-order valence-electron chi connectivity index (χ0n) is 9.93. The number of hydrogen-bond acceptors (Lipinski definition) is 4. The minimum atomic E-state index is -0.675. The molecule has 6 nitrogen and oxygen atoms in total. The molecule has 1 aliphatic heterocycles. The second-order valence-corrected chi connectivity index (χ2v) is 4.06. The van der Waals surface area contributed by atoms with E-state index >= 15 is 0 Å². The van der Waals surface area contributed by atoms with Crippen LogP contribution < -0.4 is 20.5 Å². The van der Waals surface area contributed by atoms with Crippen LogP contribution in [0.2, 0.25) is 0 Å². The summed E-state index contributed by atoms with van der Waals surface area (Å²) in [6.07, 6.45) is 0.161. The molecule has 2 rings (SSSR count). The molecule has 0 spiro atoms. The number of hydrogen-bond donors (Lipinski definition) is 2. The van der Waals surface area contributed by atoms with Gasteiger partial charge in [0.25, 0.3) is 0 Å². The van der Waals surface area contributed by atoms with Crippen LogP contribution in [0.3, 0.4) is 0 Å². The summed E-state index contributed by atoms with van der Waals surface area (Å²) in [6.45, 7) is 1.74. The average Bonchev–Trinajstić information content (AvgIpc) is 2.75. The first kappa shape index (κ1) is 12.2. The van der Waals surface area contributed by atoms with E-state index in [0.717, 1.165) is 5.56 Å². The van der Waals surface area contributed by atoms with Gasteiger partial charge in [-0.2, -0.15) is 0 Å². The molecule has 0 aliphatic carbocycles. The second kappa shape index (κ2) is 4.95. The van der Waals surface area contributed by atoms with E-state index in [4.69, 9.17) is 15.2 Å². The molecule has 1 aliphatic rings. The van der Waals surface area contributed by atoms with E-state index in [1.54, 1.807) is 25.1 Å². The van der Waals surface area contributed by atoms with Crippen molar-refractivity contribution in [1.29, 1.82) is 0 Å². The van der Waals surface area contributed by atoms with Gasteiger partial charge in [0.15, 0.2) is 11.5 Å². The highest BCUT2D eigenvalue weighted by Crippen LogP contribution is 2.32. The number of ether oxygens (including phenoxy) is 2. The molecule has 0 radical (unpaired) electrons. The SMILES string of the molecule is C[C@H](NC(=O)Cc1ccc2c(c1)OCO2)C(N)=O. The van der Waals surface area contributed by atoms with E-state index in [2.05, 4.69) is 5.32 Å². The summed E-state index contributed by atoms with van der Waals surface area (Å²) >= 11 is 0. The maximum atomic E-state index is 11.6. The molecular weight excluding hydrogens is 236 g/mol. The molecule has 0 saturated carbocycles. The molecule has 2 amide bonds. The average molecular weight is 250 g/mol. The predicted octanol–water partition coefficient (Wildman–Crippen LogP) is -0.0522. The summed E-state index contributed by atoms with van der Waals surface area (Å²) < 4.78 is 10.4. The first-order chi connectivity index (χ1) is 8.56. The Hall–Kier alpha value is -2.24. The van der Waals surface area contributed by atoms with Crippen LogP contribution in [-0.4, -0.2) is 24.6 Å². The molecule has 96 valence electrons. The van der Waals surface area contributed by atoms with E-state index in [-0.39, 0.29) is 19.1 Å². The van der Waals surface area contributed by atoms with E-state index < -0.39 is 11.9 Å². The fourth-order valence-corrected chi connectivity index (χ4v) is 1.60. The van der Waals surface area contributed by atoms with Crippen LogP contribution in [0.5, 0.6) is 11.5 Å². The lowest BCUT2D eigenvalue weighted by Gasteiger charge is -2.10. The highest BCUT2D eigenvalue weighted by atomic mass is 16.7. The Morgan fingerprint density at radius 3 is 2.83 bits per heavy atom.